The van der Waals surface area contributed by atoms with Crippen LogP contribution in [0.3, 0.4) is 0 Å². The third-order valence-electron chi connectivity index (χ3n) is 8.34. The quantitative estimate of drug-likeness (QED) is 0.194. The van der Waals surface area contributed by atoms with E-state index in [1.807, 2.05) is 24.3 Å². The maximum atomic E-state index is 13.3. The normalized spacial score (nSPS) is 13.5. The number of nitrogens with one attached hydrogen (secondary N) is 1. The SMILES string of the molecule is CCOC(=O)c1cnc2ccccc2c1.O=C1CC2=C(C=CCC2)c2ccc3cccc(Nc4ccc(-c5cccs5)cc4)c3c21. The Balaban J connectivity index is 0.000000190. The summed E-state index contributed by atoms with van der Waals surface area (Å²) >= 11 is 1.74. The Morgan fingerprint density at radius 2 is 1.78 bits per heavy atom. The van der Waals surface area contributed by atoms with Gasteiger partial charge >= 0.3 is 5.97 Å². The number of para-hydroxylation sites is 1. The van der Waals surface area contributed by atoms with Crippen molar-refractivity contribution in [3.63, 3.8) is 0 Å². The molecule has 2 aliphatic carbocycles. The molecule has 2 aromatic heterocycles. The van der Waals surface area contributed by atoms with E-state index in [4.69, 9.17) is 4.74 Å². The van der Waals surface area contributed by atoms with Crippen LogP contribution in [0.2, 0.25) is 0 Å². The van der Waals surface area contributed by atoms with Crippen molar-refractivity contribution in [1.29, 1.82) is 0 Å². The molecule has 0 radical (unpaired) electrons. The molecule has 2 heterocycles. The number of hydrogen-bond donors (Lipinski definition) is 1. The number of ketones is 1. The number of carbonyl (C=O) groups is 2. The lowest BCUT2D eigenvalue weighted by molar-refractivity contribution is 0.0526. The lowest BCUT2D eigenvalue weighted by Crippen LogP contribution is -2.14. The molecule has 6 aromatic rings. The van der Waals surface area contributed by atoms with Gasteiger partial charge in [0.2, 0.25) is 0 Å². The van der Waals surface area contributed by atoms with Gasteiger partial charge < -0.3 is 10.1 Å². The molecule has 2 aliphatic rings. The molecule has 0 bridgehead atoms. The van der Waals surface area contributed by atoms with Crippen LogP contribution in [0.5, 0.6) is 0 Å². The van der Waals surface area contributed by atoms with Gasteiger partial charge in [-0.05, 0) is 83.6 Å². The maximum Gasteiger partial charge on any atom is 0.339 e. The first-order valence-electron chi connectivity index (χ1n) is 15.5. The van der Waals surface area contributed by atoms with Crippen molar-refractivity contribution >= 4 is 61.7 Å². The highest BCUT2D eigenvalue weighted by atomic mass is 32.1. The van der Waals surface area contributed by atoms with Crippen molar-refractivity contribution in [3.8, 4) is 10.4 Å². The number of carbonyl (C=O) groups excluding carboxylic acids is 2. The first kappa shape index (κ1) is 29.4. The Labute approximate surface area is 271 Å². The zero-order valence-electron chi connectivity index (χ0n) is 25.5. The van der Waals surface area contributed by atoms with Gasteiger partial charge in [-0.1, -0.05) is 78.4 Å². The minimum Gasteiger partial charge on any atom is -0.462 e. The summed E-state index contributed by atoms with van der Waals surface area (Å²) in [6, 6.07) is 32.6. The molecule has 46 heavy (non-hydrogen) atoms. The maximum absolute atomic E-state index is 13.3. The van der Waals surface area contributed by atoms with E-state index in [9.17, 15) is 9.59 Å². The first-order valence-corrected chi connectivity index (χ1v) is 16.4. The molecule has 4 aromatic carbocycles. The topological polar surface area (TPSA) is 68.3 Å². The van der Waals surface area contributed by atoms with Crippen LogP contribution in [0, 0.1) is 0 Å². The van der Waals surface area contributed by atoms with Crippen LogP contribution in [0.15, 0.2) is 126 Å². The molecule has 0 aliphatic heterocycles. The van der Waals surface area contributed by atoms with E-state index in [0.29, 0.717) is 18.6 Å². The van der Waals surface area contributed by atoms with Crippen LogP contribution < -0.4 is 5.32 Å². The number of ether oxygens (including phenoxy) is 1. The van der Waals surface area contributed by atoms with E-state index in [0.717, 1.165) is 57.0 Å². The van der Waals surface area contributed by atoms with Gasteiger partial charge in [-0.2, -0.15) is 0 Å². The summed E-state index contributed by atoms with van der Waals surface area (Å²) in [5, 5.41) is 8.74. The number of pyridine rings is 1. The molecular formula is C40H32N2O3S. The second-order valence-electron chi connectivity index (χ2n) is 11.3. The van der Waals surface area contributed by atoms with E-state index >= 15 is 0 Å². The summed E-state index contributed by atoms with van der Waals surface area (Å²) in [5.74, 6) is -0.0901. The van der Waals surface area contributed by atoms with E-state index in [-0.39, 0.29) is 11.8 Å². The molecule has 0 saturated heterocycles. The molecule has 0 atom stereocenters. The summed E-state index contributed by atoms with van der Waals surface area (Å²) in [7, 11) is 0. The Hall–Kier alpha value is -5.33. The molecule has 0 fully saturated rings. The van der Waals surface area contributed by atoms with Gasteiger partial charge in [0.25, 0.3) is 0 Å². The molecule has 226 valence electrons. The third-order valence-corrected chi connectivity index (χ3v) is 9.26. The van der Waals surface area contributed by atoms with Gasteiger partial charge in [0.05, 0.1) is 17.7 Å². The van der Waals surface area contributed by atoms with Gasteiger partial charge in [0.15, 0.2) is 5.78 Å². The number of rotatable bonds is 5. The molecule has 8 rings (SSSR count). The second kappa shape index (κ2) is 13.0. The van der Waals surface area contributed by atoms with E-state index in [2.05, 4.69) is 94.6 Å². The predicted octanol–water partition coefficient (Wildman–Crippen LogP) is 10.4. The Morgan fingerprint density at radius 3 is 2.61 bits per heavy atom. The number of hydrogen-bond acceptors (Lipinski definition) is 6. The van der Waals surface area contributed by atoms with E-state index < -0.39 is 0 Å². The van der Waals surface area contributed by atoms with E-state index in [1.165, 1.54) is 21.6 Å². The fourth-order valence-electron chi connectivity index (χ4n) is 6.17. The number of benzene rings is 4. The zero-order valence-corrected chi connectivity index (χ0v) is 26.3. The number of esters is 1. The summed E-state index contributed by atoms with van der Waals surface area (Å²) in [5.41, 5.74) is 9.07. The molecule has 0 spiro atoms. The largest absolute Gasteiger partial charge is 0.462 e. The van der Waals surface area contributed by atoms with Crippen molar-refractivity contribution < 1.29 is 14.3 Å². The highest BCUT2D eigenvalue weighted by Crippen LogP contribution is 2.42. The highest BCUT2D eigenvalue weighted by molar-refractivity contribution is 7.13. The van der Waals surface area contributed by atoms with E-state index in [1.54, 1.807) is 30.5 Å². The fourth-order valence-corrected chi connectivity index (χ4v) is 6.90. The molecular weight excluding hydrogens is 589 g/mol. The number of nitrogens with zero attached hydrogens (tertiary/aromatic N) is 1. The van der Waals surface area contributed by atoms with Gasteiger partial charge in [-0.3, -0.25) is 9.78 Å². The molecule has 0 saturated carbocycles. The zero-order chi connectivity index (χ0) is 31.5. The van der Waals surface area contributed by atoms with Gasteiger partial charge in [-0.25, -0.2) is 4.79 Å². The Morgan fingerprint density at radius 1 is 0.935 bits per heavy atom. The molecule has 0 amide bonds. The lowest BCUT2D eigenvalue weighted by Gasteiger charge is -2.25. The second-order valence-corrected chi connectivity index (χ2v) is 12.2. The molecule has 5 nitrogen and oxygen atoms in total. The van der Waals surface area contributed by atoms with Crippen LogP contribution in [0.25, 0.3) is 37.7 Å². The Kier molecular flexibility index (Phi) is 8.28. The average molecular weight is 621 g/mol. The summed E-state index contributed by atoms with van der Waals surface area (Å²) in [6.45, 7) is 2.16. The van der Waals surface area contributed by atoms with Crippen molar-refractivity contribution in [1.82, 2.24) is 4.98 Å². The average Bonchev–Trinajstić information content (AvgIpc) is 3.64. The summed E-state index contributed by atoms with van der Waals surface area (Å²) in [4.78, 5) is 30.1. The standard InChI is InChI=1S/C28H21NOS.C12H11NO2/c30-25-17-20-5-1-2-7-22(20)23-15-12-19-6-3-8-24(27(19)28(23)25)29-21-13-10-18(11-14-21)26-9-4-16-31-26;1-2-15-12(14)10-7-9-5-3-4-6-11(9)13-8-10/h2-4,6-16,29H,1,5,17H2;3-8H,2H2,1H3. The van der Waals surface area contributed by atoms with Crippen LogP contribution in [-0.4, -0.2) is 23.3 Å². The monoisotopic (exact) mass is 620 g/mol. The Bertz CT molecular complexity index is 2140. The van der Waals surface area contributed by atoms with Crippen LogP contribution in [0.4, 0.5) is 11.4 Å². The van der Waals surface area contributed by atoms with Gasteiger partial charge in [0, 0.05) is 45.2 Å². The van der Waals surface area contributed by atoms with Crippen LogP contribution in [-0.2, 0) is 4.74 Å². The van der Waals surface area contributed by atoms with Crippen molar-refractivity contribution in [2.75, 3.05) is 11.9 Å². The number of thiophene rings is 1. The minimum atomic E-state index is -0.323. The number of allylic oxidation sites excluding steroid dienone is 4. The molecule has 6 heteroatoms. The minimum absolute atomic E-state index is 0.233. The van der Waals surface area contributed by atoms with Crippen molar-refractivity contribution in [2.24, 2.45) is 0 Å². The van der Waals surface area contributed by atoms with Crippen molar-refractivity contribution in [2.45, 2.75) is 26.2 Å². The fraction of sp³-hybridized carbons (Fsp3) is 0.125. The predicted molar refractivity (Wildman–Crippen MR) is 189 cm³/mol. The third kappa shape index (κ3) is 5.87. The lowest BCUT2D eigenvalue weighted by atomic mass is 9.78. The first-order chi connectivity index (χ1) is 22.6. The van der Waals surface area contributed by atoms with Gasteiger partial charge in [0.1, 0.15) is 0 Å². The summed E-state index contributed by atoms with van der Waals surface area (Å²) in [6.07, 6.45) is 8.53. The van der Waals surface area contributed by atoms with Crippen LogP contribution >= 0.6 is 11.3 Å². The highest BCUT2D eigenvalue weighted by Gasteiger charge is 2.27. The smallest absolute Gasteiger partial charge is 0.339 e. The number of anilines is 2. The number of aromatic nitrogens is 1. The summed E-state index contributed by atoms with van der Waals surface area (Å²) < 4.78 is 4.90. The molecule has 0 unspecified atom stereocenters. The number of fused-ring (bicyclic) bond motifs is 5. The molecule has 1 N–H and O–H groups in total. The van der Waals surface area contributed by atoms with Crippen LogP contribution in [0.1, 0.15) is 52.5 Å². The van der Waals surface area contributed by atoms with Gasteiger partial charge in [-0.15, -0.1) is 11.3 Å². The van der Waals surface area contributed by atoms with Crippen molar-refractivity contribution in [3.05, 3.63) is 143 Å². The number of Topliss-reactive ketones (excluding diaryl/α,β-unsaturated/α-hetero) is 1.